The van der Waals surface area contributed by atoms with Gasteiger partial charge >= 0.3 is 0 Å². The molecule has 1 aromatic heterocycles. The number of nitrogens with one attached hydrogen (secondary N) is 1. The number of hydrogen-bond donors (Lipinski definition) is 1. The fourth-order valence-electron chi connectivity index (χ4n) is 3.40. The van der Waals surface area contributed by atoms with Crippen molar-refractivity contribution in [2.45, 2.75) is 50.8 Å². The van der Waals surface area contributed by atoms with Gasteiger partial charge in [0.05, 0.1) is 5.25 Å². The van der Waals surface area contributed by atoms with Crippen LogP contribution in [0.1, 0.15) is 49.8 Å². The van der Waals surface area contributed by atoms with Crippen molar-refractivity contribution in [3.63, 3.8) is 0 Å². The van der Waals surface area contributed by atoms with Gasteiger partial charge in [0.25, 0.3) is 0 Å². The molecule has 1 aliphatic rings. The minimum absolute atomic E-state index is 0.185. The predicted molar refractivity (Wildman–Crippen MR) is 86.0 cm³/mol. The fraction of sp³-hybridized carbons (Fsp3) is 0.688. The molecule has 1 N–H and O–H groups in total. The number of nitrogens with zero attached hydrogens (tertiary/aromatic N) is 1. The summed E-state index contributed by atoms with van der Waals surface area (Å²) in [5, 5.41) is 3.35. The van der Waals surface area contributed by atoms with E-state index >= 15 is 0 Å². The lowest BCUT2D eigenvalue weighted by molar-refractivity contribution is 0.275. The Hall–Kier alpha value is -0.940. The standard InChI is InChI=1S/C16H26N2O2S/c1-4-18-16(14-8-12(2)10-17-11-14)13-6-5-7-15(9-13)21(3,19)20/h8,10-11,13,15-16,18H,4-7,9H2,1-3H3. The Balaban J connectivity index is 2.22. The second-order valence-electron chi connectivity index (χ2n) is 6.21. The Morgan fingerprint density at radius 3 is 2.76 bits per heavy atom. The molecule has 3 unspecified atom stereocenters. The predicted octanol–water partition coefficient (Wildman–Crippen LogP) is 2.64. The van der Waals surface area contributed by atoms with Gasteiger partial charge in [-0.2, -0.15) is 0 Å². The van der Waals surface area contributed by atoms with E-state index in [9.17, 15) is 8.42 Å². The topological polar surface area (TPSA) is 59.1 Å². The zero-order valence-corrected chi connectivity index (χ0v) is 14.0. The van der Waals surface area contributed by atoms with Gasteiger partial charge in [0, 0.05) is 24.7 Å². The first-order valence-corrected chi connectivity index (χ1v) is 9.71. The minimum atomic E-state index is -2.94. The van der Waals surface area contributed by atoms with Gasteiger partial charge in [-0.3, -0.25) is 4.98 Å². The van der Waals surface area contributed by atoms with E-state index in [1.807, 2.05) is 19.3 Å². The molecule has 0 bridgehead atoms. The van der Waals surface area contributed by atoms with Gasteiger partial charge in [-0.15, -0.1) is 0 Å². The van der Waals surface area contributed by atoms with Crippen LogP contribution >= 0.6 is 0 Å². The zero-order valence-electron chi connectivity index (χ0n) is 13.2. The van der Waals surface area contributed by atoms with Gasteiger partial charge in [-0.05, 0) is 49.8 Å². The summed E-state index contributed by atoms with van der Waals surface area (Å²) >= 11 is 0. The Labute approximate surface area is 128 Å². The highest BCUT2D eigenvalue weighted by atomic mass is 32.2. The summed E-state index contributed by atoms with van der Waals surface area (Å²) in [4.78, 5) is 4.29. The monoisotopic (exact) mass is 310 g/mol. The van der Waals surface area contributed by atoms with Crippen LogP contribution in [0.25, 0.3) is 0 Å². The van der Waals surface area contributed by atoms with Crippen molar-refractivity contribution in [3.8, 4) is 0 Å². The van der Waals surface area contributed by atoms with E-state index in [1.165, 1.54) is 11.8 Å². The Morgan fingerprint density at radius 2 is 2.14 bits per heavy atom. The maximum Gasteiger partial charge on any atom is 0.150 e. The molecule has 1 fully saturated rings. The number of pyridine rings is 1. The molecule has 5 heteroatoms. The molecule has 0 saturated heterocycles. The fourth-order valence-corrected chi connectivity index (χ4v) is 4.59. The number of hydrogen-bond acceptors (Lipinski definition) is 4. The molecular formula is C16H26N2O2S. The molecule has 0 spiro atoms. The molecule has 0 amide bonds. The second-order valence-corrected chi connectivity index (χ2v) is 8.53. The first kappa shape index (κ1) is 16.4. The quantitative estimate of drug-likeness (QED) is 0.908. The SMILES string of the molecule is CCNC(c1cncc(C)c1)C1CCCC(S(C)(=O)=O)C1. The van der Waals surface area contributed by atoms with Gasteiger partial charge < -0.3 is 5.32 Å². The third kappa shape index (κ3) is 4.27. The minimum Gasteiger partial charge on any atom is -0.310 e. The van der Waals surface area contributed by atoms with Gasteiger partial charge in [0.2, 0.25) is 0 Å². The summed E-state index contributed by atoms with van der Waals surface area (Å²) in [5.41, 5.74) is 2.32. The molecule has 118 valence electrons. The van der Waals surface area contributed by atoms with Crippen LogP contribution in [0.3, 0.4) is 0 Å². The molecule has 3 atom stereocenters. The summed E-state index contributed by atoms with van der Waals surface area (Å²) in [5.74, 6) is 0.363. The van der Waals surface area contributed by atoms with E-state index in [-0.39, 0.29) is 11.3 Å². The van der Waals surface area contributed by atoms with Crippen LogP contribution in [-0.2, 0) is 9.84 Å². The maximum absolute atomic E-state index is 11.9. The summed E-state index contributed by atoms with van der Waals surface area (Å²) in [6.45, 7) is 5.01. The lowest BCUT2D eigenvalue weighted by Crippen LogP contribution is -2.35. The average molecular weight is 310 g/mol. The first-order chi connectivity index (χ1) is 9.91. The molecule has 0 aliphatic heterocycles. The summed E-state index contributed by atoms with van der Waals surface area (Å²) in [7, 11) is -2.94. The Morgan fingerprint density at radius 1 is 1.38 bits per heavy atom. The average Bonchev–Trinajstić information content (AvgIpc) is 2.44. The molecule has 1 heterocycles. The third-order valence-electron chi connectivity index (χ3n) is 4.42. The molecule has 21 heavy (non-hydrogen) atoms. The van der Waals surface area contributed by atoms with Crippen molar-refractivity contribution in [1.29, 1.82) is 0 Å². The van der Waals surface area contributed by atoms with Crippen LogP contribution in [-0.4, -0.2) is 31.5 Å². The molecule has 1 saturated carbocycles. The van der Waals surface area contributed by atoms with E-state index < -0.39 is 9.84 Å². The number of sulfone groups is 1. The van der Waals surface area contributed by atoms with Crippen molar-refractivity contribution >= 4 is 9.84 Å². The lowest BCUT2D eigenvalue weighted by Gasteiger charge is -2.34. The van der Waals surface area contributed by atoms with Gasteiger partial charge in [-0.25, -0.2) is 8.42 Å². The van der Waals surface area contributed by atoms with Crippen LogP contribution in [0.2, 0.25) is 0 Å². The van der Waals surface area contributed by atoms with Crippen LogP contribution in [0.15, 0.2) is 18.5 Å². The van der Waals surface area contributed by atoms with Crippen molar-refractivity contribution in [2.75, 3.05) is 12.8 Å². The number of aryl methyl sites for hydroxylation is 1. The van der Waals surface area contributed by atoms with Crippen molar-refractivity contribution < 1.29 is 8.42 Å². The highest BCUT2D eigenvalue weighted by Crippen LogP contribution is 2.36. The van der Waals surface area contributed by atoms with Gasteiger partial charge in [-0.1, -0.05) is 19.4 Å². The Kier molecular flexibility index (Phi) is 5.38. The van der Waals surface area contributed by atoms with Crippen LogP contribution < -0.4 is 5.32 Å². The number of rotatable bonds is 5. The molecule has 1 aliphatic carbocycles. The normalized spacial score (nSPS) is 24.7. The second kappa shape index (κ2) is 6.88. The summed E-state index contributed by atoms with van der Waals surface area (Å²) in [6.07, 6.45) is 8.76. The zero-order chi connectivity index (χ0) is 15.5. The van der Waals surface area contributed by atoms with Gasteiger partial charge in [0.1, 0.15) is 9.84 Å². The molecule has 4 nitrogen and oxygen atoms in total. The van der Waals surface area contributed by atoms with Crippen LogP contribution in [0, 0.1) is 12.8 Å². The molecule has 0 radical (unpaired) electrons. The summed E-state index contributed by atoms with van der Waals surface area (Å²) < 4.78 is 23.7. The Bertz CT molecular complexity index is 571. The van der Waals surface area contributed by atoms with E-state index in [0.29, 0.717) is 5.92 Å². The highest BCUT2D eigenvalue weighted by Gasteiger charge is 2.33. The largest absolute Gasteiger partial charge is 0.310 e. The molecular weight excluding hydrogens is 284 g/mol. The lowest BCUT2D eigenvalue weighted by atomic mass is 9.81. The molecule has 1 aromatic rings. The van der Waals surface area contributed by atoms with Crippen molar-refractivity contribution in [2.24, 2.45) is 5.92 Å². The summed E-state index contributed by atoms with van der Waals surface area (Å²) in [6, 6.07) is 2.36. The van der Waals surface area contributed by atoms with Crippen LogP contribution in [0.5, 0.6) is 0 Å². The molecule has 2 rings (SSSR count). The van der Waals surface area contributed by atoms with Gasteiger partial charge in [0.15, 0.2) is 0 Å². The molecule has 0 aromatic carbocycles. The maximum atomic E-state index is 11.9. The first-order valence-electron chi connectivity index (χ1n) is 7.75. The highest BCUT2D eigenvalue weighted by molar-refractivity contribution is 7.91. The third-order valence-corrected chi connectivity index (χ3v) is 6.06. The van der Waals surface area contributed by atoms with Crippen molar-refractivity contribution in [1.82, 2.24) is 10.3 Å². The van der Waals surface area contributed by atoms with Crippen molar-refractivity contribution in [3.05, 3.63) is 29.6 Å². The van der Waals surface area contributed by atoms with E-state index in [1.54, 1.807) is 0 Å². The number of aromatic nitrogens is 1. The smallest absolute Gasteiger partial charge is 0.150 e. The van der Waals surface area contributed by atoms with Crippen LogP contribution in [0.4, 0.5) is 0 Å². The van der Waals surface area contributed by atoms with E-state index in [0.717, 1.165) is 37.8 Å². The van der Waals surface area contributed by atoms with E-state index in [4.69, 9.17) is 0 Å². The van der Waals surface area contributed by atoms with E-state index in [2.05, 4.69) is 23.3 Å².